The minimum Gasteiger partial charge on any atom is -0.494 e. The first kappa shape index (κ1) is 14.4. The Hall–Kier alpha value is -1.02. The Morgan fingerprint density at radius 1 is 1.16 bits per heavy atom. The van der Waals surface area contributed by atoms with Crippen molar-refractivity contribution in [1.29, 1.82) is 0 Å². The Morgan fingerprint density at radius 2 is 2.00 bits per heavy atom. The highest BCUT2D eigenvalue weighted by molar-refractivity contribution is 5.27. The summed E-state index contributed by atoms with van der Waals surface area (Å²) < 4.78 is 5.61. The van der Waals surface area contributed by atoms with Gasteiger partial charge in [0.25, 0.3) is 0 Å². The second-order valence-corrected chi connectivity index (χ2v) is 5.53. The number of rotatable bonds is 6. The second-order valence-electron chi connectivity index (χ2n) is 5.53. The van der Waals surface area contributed by atoms with Crippen LogP contribution in [0.4, 0.5) is 0 Å². The van der Waals surface area contributed by atoms with Gasteiger partial charge in [0.2, 0.25) is 0 Å². The average Bonchev–Trinajstić information content (AvgIpc) is 2.72. The zero-order chi connectivity index (χ0) is 13.3. The second kappa shape index (κ2) is 8.21. The van der Waals surface area contributed by atoms with Gasteiger partial charge in [0.05, 0.1) is 6.61 Å². The normalized spacial score (nSPS) is 19.9. The molecule has 1 aromatic rings. The highest BCUT2D eigenvalue weighted by Crippen LogP contribution is 2.16. The summed E-state index contributed by atoms with van der Waals surface area (Å²) in [4.78, 5) is 0. The molecular formula is C17H27NO. The fourth-order valence-electron chi connectivity index (χ4n) is 2.66. The van der Waals surface area contributed by atoms with E-state index in [1.165, 1.54) is 50.6 Å². The van der Waals surface area contributed by atoms with E-state index in [1.807, 2.05) is 0 Å². The van der Waals surface area contributed by atoms with E-state index in [-0.39, 0.29) is 0 Å². The summed E-state index contributed by atoms with van der Waals surface area (Å²) in [7, 11) is 0. The number of nitrogens with one attached hydrogen (secondary N) is 1. The first-order valence-corrected chi connectivity index (χ1v) is 7.83. The van der Waals surface area contributed by atoms with Crippen LogP contribution in [0.2, 0.25) is 0 Å². The van der Waals surface area contributed by atoms with Crippen molar-refractivity contribution < 1.29 is 4.74 Å². The Balaban J connectivity index is 1.75. The number of hydrogen-bond acceptors (Lipinski definition) is 2. The summed E-state index contributed by atoms with van der Waals surface area (Å²) in [6, 6.07) is 9.35. The molecule has 0 aromatic heterocycles. The smallest absolute Gasteiger partial charge is 0.119 e. The van der Waals surface area contributed by atoms with Gasteiger partial charge in [-0.1, -0.05) is 31.9 Å². The van der Waals surface area contributed by atoms with Gasteiger partial charge < -0.3 is 10.1 Å². The molecule has 1 N–H and O–H groups in total. The van der Waals surface area contributed by atoms with E-state index in [2.05, 4.69) is 36.5 Å². The van der Waals surface area contributed by atoms with Crippen LogP contribution >= 0.6 is 0 Å². The third kappa shape index (κ3) is 5.23. The first-order valence-electron chi connectivity index (χ1n) is 7.83. The highest BCUT2D eigenvalue weighted by Gasteiger charge is 2.10. The molecule has 2 rings (SSSR count). The molecular weight excluding hydrogens is 234 g/mol. The van der Waals surface area contributed by atoms with Crippen LogP contribution in [0.25, 0.3) is 0 Å². The predicted molar refractivity (Wildman–Crippen MR) is 80.8 cm³/mol. The molecule has 19 heavy (non-hydrogen) atoms. The molecule has 0 aliphatic carbocycles. The molecule has 1 aliphatic rings. The number of hydrogen-bond donors (Lipinski definition) is 1. The lowest BCUT2D eigenvalue weighted by atomic mass is 10.0. The van der Waals surface area contributed by atoms with Gasteiger partial charge in [-0.2, -0.15) is 0 Å². The van der Waals surface area contributed by atoms with Crippen molar-refractivity contribution in [1.82, 2.24) is 5.32 Å². The number of ether oxygens (including phenoxy) is 1. The third-order valence-electron chi connectivity index (χ3n) is 3.84. The first-order chi connectivity index (χ1) is 9.38. The molecule has 1 aromatic carbocycles. The molecule has 0 bridgehead atoms. The zero-order valence-corrected chi connectivity index (χ0v) is 12.2. The Kier molecular flexibility index (Phi) is 6.22. The summed E-state index contributed by atoms with van der Waals surface area (Å²) in [6.45, 7) is 4.15. The van der Waals surface area contributed by atoms with Crippen molar-refractivity contribution >= 4 is 0 Å². The van der Waals surface area contributed by atoms with Crippen LogP contribution in [-0.4, -0.2) is 19.2 Å². The maximum absolute atomic E-state index is 5.61. The molecule has 0 saturated carbocycles. The quantitative estimate of drug-likeness (QED) is 0.837. The molecule has 1 aliphatic heterocycles. The van der Waals surface area contributed by atoms with Gasteiger partial charge in [-0.15, -0.1) is 0 Å². The molecule has 1 atom stereocenters. The number of benzene rings is 1. The minimum atomic E-state index is 0.721. The van der Waals surface area contributed by atoms with Gasteiger partial charge in [-0.3, -0.25) is 0 Å². The van der Waals surface area contributed by atoms with Gasteiger partial charge in [0.15, 0.2) is 0 Å². The van der Waals surface area contributed by atoms with Gasteiger partial charge in [-0.25, -0.2) is 0 Å². The lowest BCUT2D eigenvalue weighted by Crippen LogP contribution is -2.28. The van der Waals surface area contributed by atoms with Crippen molar-refractivity contribution in [2.75, 3.05) is 13.2 Å². The maximum atomic E-state index is 5.61. The Bertz CT molecular complexity index is 339. The molecule has 0 radical (unpaired) electrons. The SMILES string of the molecule is CCCOc1ccc(CCC2CCCCCN2)cc1. The third-order valence-corrected chi connectivity index (χ3v) is 3.84. The maximum Gasteiger partial charge on any atom is 0.119 e. The topological polar surface area (TPSA) is 21.3 Å². The summed E-state index contributed by atoms with van der Waals surface area (Å²) in [5, 5.41) is 3.67. The van der Waals surface area contributed by atoms with E-state index in [9.17, 15) is 0 Å². The fraction of sp³-hybridized carbons (Fsp3) is 0.647. The Labute approximate surface area is 117 Å². The van der Waals surface area contributed by atoms with Crippen LogP contribution in [-0.2, 0) is 6.42 Å². The van der Waals surface area contributed by atoms with Gasteiger partial charge in [-0.05, 0) is 56.3 Å². The van der Waals surface area contributed by atoms with Crippen LogP contribution in [0.1, 0.15) is 51.0 Å². The largest absolute Gasteiger partial charge is 0.494 e. The van der Waals surface area contributed by atoms with Crippen LogP contribution in [0.5, 0.6) is 5.75 Å². The monoisotopic (exact) mass is 261 g/mol. The molecule has 1 unspecified atom stereocenters. The van der Waals surface area contributed by atoms with Crippen LogP contribution in [0.3, 0.4) is 0 Å². The van der Waals surface area contributed by atoms with E-state index in [4.69, 9.17) is 4.74 Å². The molecule has 106 valence electrons. The van der Waals surface area contributed by atoms with Crippen molar-refractivity contribution in [2.24, 2.45) is 0 Å². The molecule has 1 heterocycles. The highest BCUT2D eigenvalue weighted by atomic mass is 16.5. The summed E-state index contributed by atoms with van der Waals surface area (Å²) >= 11 is 0. The minimum absolute atomic E-state index is 0.721. The van der Waals surface area contributed by atoms with E-state index in [1.54, 1.807) is 0 Å². The van der Waals surface area contributed by atoms with Crippen LogP contribution in [0.15, 0.2) is 24.3 Å². The molecule has 0 spiro atoms. The van der Waals surface area contributed by atoms with Gasteiger partial charge in [0.1, 0.15) is 5.75 Å². The predicted octanol–water partition coefficient (Wildman–Crippen LogP) is 3.94. The lowest BCUT2D eigenvalue weighted by Gasteiger charge is -2.15. The van der Waals surface area contributed by atoms with Gasteiger partial charge in [0, 0.05) is 6.04 Å². The van der Waals surface area contributed by atoms with Crippen molar-refractivity contribution in [2.45, 2.75) is 57.9 Å². The summed E-state index contributed by atoms with van der Waals surface area (Å²) in [6.07, 6.45) is 8.97. The molecule has 1 saturated heterocycles. The molecule has 2 nitrogen and oxygen atoms in total. The van der Waals surface area contributed by atoms with E-state index in [0.29, 0.717) is 0 Å². The van der Waals surface area contributed by atoms with Crippen molar-refractivity contribution in [3.8, 4) is 5.75 Å². The summed E-state index contributed by atoms with van der Waals surface area (Å²) in [5.41, 5.74) is 1.43. The standard InChI is InChI=1S/C17H27NO/c1-2-14-19-17-11-8-15(9-12-17)7-10-16-6-4-3-5-13-18-16/h8-9,11-12,16,18H,2-7,10,13-14H2,1H3. The van der Waals surface area contributed by atoms with E-state index >= 15 is 0 Å². The molecule has 1 fully saturated rings. The summed E-state index contributed by atoms with van der Waals surface area (Å²) in [5.74, 6) is 0.998. The van der Waals surface area contributed by atoms with Crippen LogP contribution in [0, 0.1) is 0 Å². The molecule has 0 amide bonds. The fourth-order valence-corrected chi connectivity index (χ4v) is 2.66. The van der Waals surface area contributed by atoms with Crippen molar-refractivity contribution in [3.05, 3.63) is 29.8 Å². The average molecular weight is 261 g/mol. The number of aryl methyl sites for hydroxylation is 1. The lowest BCUT2D eigenvalue weighted by molar-refractivity contribution is 0.317. The van der Waals surface area contributed by atoms with Gasteiger partial charge >= 0.3 is 0 Å². The van der Waals surface area contributed by atoms with E-state index in [0.717, 1.165) is 24.8 Å². The van der Waals surface area contributed by atoms with Crippen molar-refractivity contribution in [3.63, 3.8) is 0 Å². The van der Waals surface area contributed by atoms with E-state index < -0.39 is 0 Å². The molecule has 2 heteroatoms. The Morgan fingerprint density at radius 3 is 2.79 bits per heavy atom. The van der Waals surface area contributed by atoms with Crippen LogP contribution < -0.4 is 10.1 Å². The zero-order valence-electron chi connectivity index (χ0n) is 12.2.